The van der Waals surface area contributed by atoms with Gasteiger partial charge >= 0.3 is 6.09 Å². The highest BCUT2D eigenvalue weighted by Crippen LogP contribution is 2.34. The molecule has 1 aliphatic heterocycles. The molecule has 142 valence electrons. The molecule has 28 heavy (non-hydrogen) atoms. The first-order valence-electron chi connectivity index (χ1n) is 9.02. The Labute approximate surface area is 159 Å². The Balaban J connectivity index is 1.62. The highest BCUT2D eigenvalue weighted by molar-refractivity contribution is 5.99. The van der Waals surface area contributed by atoms with Crippen LogP contribution in [0.5, 0.6) is 0 Å². The number of rotatable bonds is 2. The quantitative estimate of drug-likeness (QED) is 0.486. The second kappa shape index (κ2) is 6.19. The molecular weight excluding hydrogens is 360 g/mol. The first-order chi connectivity index (χ1) is 13.6. The molecule has 0 spiro atoms. The zero-order chi connectivity index (χ0) is 19.3. The molecule has 0 bridgehead atoms. The van der Waals surface area contributed by atoms with Gasteiger partial charge in [0, 0.05) is 36.4 Å². The van der Waals surface area contributed by atoms with E-state index in [2.05, 4.69) is 19.9 Å². The summed E-state index contributed by atoms with van der Waals surface area (Å²) >= 11 is 0. The van der Waals surface area contributed by atoms with E-state index in [1.807, 2.05) is 23.0 Å². The topological polar surface area (TPSA) is 139 Å². The van der Waals surface area contributed by atoms with Gasteiger partial charge in [0.15, 0.2) is 5.65 Å². The highest BCUT2D eigenvalue weighted by Gasteiger charge is 2.27. The summed E-state index contributed by atoms with van der Waals surface area (Å²) in [5.41, 5.74) is 9.15. The van der Waals surface area contributed by atoms with Crippen LogP contribution >= 0.6 is 0 Å². The molecule has 0 aromatic carbocycles. The molecule has 4 N–H and O–H groups in total. The van der Waals surface area contributed by atoms with Crippen LogP contribution in [0.2, 0.25) is 0 Å². The smallest absolute Gasteiger partial charge is 0.407 e. The van der Waals surface area contributed by atoms with Crippen LogP contribution in [0.4, 0.5) is 10.6 Å². The van der Waals surface area contributed by atoms with Gasteiger partial charge in [0.05, 0.1) is 11.4 Å². The first-order valence-corrected chi connectivity index (χ1v) is 9.02. The van der Waals surface area contributed by atoms with Crippen molar-refractivity contribution in [2.75, 3.05) is 18.8 Å². The number of hydrogen-bond donors (Lipinski definition) is 3. The monoisotopic (exact) mass is 378 g/mol. The molecule has 4 aromatic rings. The van der Waals surface area contributed by atoms with Crippen molar-refractivity contribution in [3.05, 3.63) is 30.9 Å². The molecule has 4 aromatic heterocycles. The summed E-state index contributed by atoms with van der Waals surface area (Å²) in [6, 6.07) is 4.00. The summed E-state index contributed by atoms with van der Waals surface area (Å²) in [5.74, 6) is 0.364. The molecule has 0 atom stereocenters. The lowest BCUT2D eigenvalue weighted by atomic mass is 10.1. The number of carboxylic acid groups (broad SMARTS) is 1. The normalized spacial score (nSPS) is 15.5. The fourth-order valence-corrected chi connectivity index (χ4v) is 3.82. The molecule has 10 heteroatoms. The largest absolute Gasteiger partial charge is 0.465 e. The lowest BCUT2D eigenvalue weighted by Gasteiger charge is -2.30. The minimum absolute atomic E-state index is 0.0464. The van der Waals surface area contributed by atoms with Crippen LogP contribution in [0.15, 0.2) is 30.9 Å². The molecule has 1 fully saturated rings. The number of nitrogens with zero attached hydrogens (tertiary/aromatic N) is 6. The minimum atomic E-state index is -0.887. The maximum Gasteiger partial charge on any atom is 0.407 e. The number of hydrogen-bond acceptors (Lipinski definition) is 6. The minimum Gasteiger partial charge on any atom is -0.465 e. The maximum atomic E-state index is 11.2. The van der Waals surface area contributed by atoms with Gasteiger partial charge < -0.3 is 20.7 Å². The maximum absolute atomic E-state index is 11.2. The Morgan fingerprint density at radius 3 is 2.86 bits per heavy atom. The number of fused-ring (bicyclic) bond motifs is 2. The molecule has 10 nitrogen and oxygen atoms in total. The molecular formula is C18H18N8O2. The Kier molecular flexibility index (Phi) is 3.64. The van der Waals surface area contributed by atoms with Crippen molar-refractivity contribution in [3.8, 4) is 11.3 Å². The van der Waals surface area contributed by atoms with Crippen LogP contribution in [-0.2, 0) is 0 Å². The van der Waals surface area contributed by atoms with Gasteiger partial charge in [0.25, 0.3) is 0 Å². The van der Waals surface area contributed by atoms with Gasteiger partial charge in [0.2, 0.25) is 0 Å². The second-order valence-electron chi connectivity index (χ2n) is 6.89. The summed E-state index contributed by atoms with van der Waals surface area (Å²) in [4.78, 5) is 28.7. The fourth-order valence-electron chi connectivity index (χ4n) is 3.82. The van der Waals surface area contributed by atoms with E-state index in [4.69, 9.17) is 10.8 Å². The van der Waals surface area contributed by atoms with Gasteiger partial charge in [-0.1, -0.05) is 0 Å². The predicted octanol–water partition coefficient (Wildman–Crippen LogP) is 2.27. The number of aromatic nitrogens is 6. The average Bonchev–Trinajstić information content (AvgIpc) is 3.33. The van der Waals surface area contributed by atoms with E-state index in [1.165, 1.54) is 11.2 Å². The van der Waals surface area contributed by atoms with Crippen molar-refractivity contribution in [2.24, 2.45) is 0 Å². The van der Waals surface area contributed by atoms with Crippen molar-refractivity contribution in [1.82, 2.24) is 34.6 Å². The summed E-state index contributed by atoms with van der Waals surface area (Å²) in [6.45, 7) is 0.933. The van der Waals surface area contributed by atoms with Gasteiger partial charge in [0.1, 0.15) is 23.5 Å². The van der Waals surface area contributed by atoms with Gasteiger partial charge in [-0.15, -0.1) is 0 Å². The molecule has 0 saturated carbocycles. The number of aromatic amines is 1. The van der Waals surface area contributed by atoms with E-state index in [0.717, 1.165) is 16.6 Å². The number of piperidine rings is 1. The zero-order valence-electron chi connectivity index (χ0n) is 14.9. The molecule has 1 saturated heterocycles. The number of nitrogens with two attached hydrogens (primary N) is 1. The zero-order valence-corrected chi connectivity index (χ0v) is 14.9. The SMILES string of the molecule is Nc1ncnc2c1c(-c1cnc3[nH]ccc3c1)nn2C1CCN(C(=O)O)CC1. The van der Waals surface area contributed by atoms with Gasteiger partial charge in [-0.25, -0.2) is 24.4 Å². The van der Waals surface area contributed by atoms with Crippen molar-refractivity contribution >= 4 is 34.0 Å². The number of nitrogens with one attached hydrogen (secondary N) is 1. The van der Waals surface area contributed by atoms with E-state index >= 15 is 0 Å². The predicted molar refractivity (Wildman–Crippen MR) is 103 cm³/mol. The van der Waals surface area contributed by atoms with Crippen molar-refractivity contribution in [1.29, 1.82) is 0 Å². The third-order valence-corrected chi connectivity index (χ3v) is 5.27. The molecule has 1 aliphatic rings. The number of nitrogen functional groups attached to an aromatic ring is 1. The Hall–Kier alpha value is -3.69. The first kappa shape index (κ1) is 16.5. The van der Waals surface area contributed by atoms with Crippen LogP contribution in [-0.4, -0.2) is 58.9 Å². The summed E-state index contributed by atoms with van der Waals surface area (Å²) in [5, 5.41) is 15.7. The van der Waals surface area contributed by atoms with Crippen molar-refractivity contribution in [3.63, 3.8) is 0 Å². The third-order valence-electron chi connectivity index (χ3n) is 5.27. The average molecular weight is 378 g/mol. The number of pyridine rings is 1. The van der Waals surface area contributed by atoms with E-state index in [0.29, 0.717) is 48.5 Å². The molecule has 5 heterocycles. The second-order valence-corrected chi connectivity index (χ2v) is 6.89. The molecule has 1 amide bonds. The molecule has 5 rings (SSSR count). The van der Waals surface area contributed by atoms with Crippen LogP contribution < -0.4 is 5.73 Å². The highest BCUT2D eigenvalue weighted by atomic mass is 16.4. The van der Waals surface area contributed by atoms with E-state index < -0.39 is 6.09 Å². The standard InChI is InChI=1S/C18H18N8O2/c19-15-13-14(11-7-10-1-4-20-16(10)21-8-11)24-26(17(13)23-9-22-15)12-2-5-25(6-3-12)18(27)28/h1,4,7-9,12H,2-3,5-6H2,(H,20,21)(H,27,28)(H2,19,22,23). The fraction of sp³-hybridized carbons (Fsp3) is 0.278. The summed E-state index contributed by atoms with van der Waals surface area (Å²) < 4.78 is 1.86. The van der Waals surface area contributed by atoms with Gasteiger partial charge in [-0.3, -0.25) is 0 Å². The van der Waals surface area contributed by atoms with Gasteiger partial charge in [-0.2, -0.15) is 5.10 Å². The Morgan fingerprint density at radius 2 is 2.07 bits per heavy atom. The Morgan fingerprint density at radius 1 is 1.25 bits per heavy atom. The van der Waals surface area contributed by atoms with Crippen LogP contribution in [0.3, 0.4) is 0 Å². The molecule has 0 unspecified atom stereocenters. The van der Waals surface area contributed by atoms with Crippen molar-refractivity contribution < 1.29 is 9.90 Å². The molecule has 0 aliphatic carbocycles. The number of anilines is 1. The van der Waals surface area contributed by atoms with E-state index in [-0.39, 0.29) is 6.04 Å². The third kappa shape index (κ3) is 2.53. The Bertz CT molecular complexity index is 1190. The van der Waals surface area contributed by atoms with E-state index in [9.17, 15) is 9.90 Å². The molecule has 0 radical (unpaired) electrons. The number of carbonyl (C=O) groups is 1. The number of amides is 1. The lowest BCUT2D eigenvalue weighted by molar-refractivity contribution is 0.124. The number of likely N-dealkylation sites (tertiary alicyclic amines) is 1. The lowest BCUT2D eigenvalue weighted by Crippen LogP contribution is -2.38. The number of H-pyrrole nitrogens is 1. The van der Waals surface area contributed by atoms with Crippen molar-refractivity contribution in [2.45, 2.75) is 18.9 Å². The van der Waals surface area contributed by atoms with Crippen LogP contribution in [0, 0.1) is 0 Å². The van der Waals surface area contributed by atoms with Gasteiger partial charge in [-0.05, 0) is 25.0 Å². The summed E-state index contributed by atoms with van der Waals surface area (Å²) in [6.07, 6.45) is 5.47. The van der Waals surface area contributed by atoms with Crippen LogP contribution in [0.1, 0.15) is 18.9 Å². The van der Waals surface area contributed by atoms with E-state index in [1.54, 1.807) is 6.20 Å². The summed E-state index contributed by atoms with van der Waals surface area (Å²) in [7, 11) is 0. The van der Waals surface area contributed by atoms with Crippen LogP contribution in [0.25, 0.3) is 33.3 Å².